The van der Waals surface area contributed by atoms with Crippen LogP contribution in [-0.2, 0) is 4.74 Å². The summed E-state index contributed by atoms with van der Waals surface area (Å²) in [5.74, 6) is 3.48. The molecule has 17 heavy (non-hydrogen) atoms. The van der Waals surface area contributed by atoms with Gasteiger partial charge in [0.15, 0.2) is 0 Å². The molecule has 0 saturated carbocycles. The quantitative estimate of drug-likeness (QED) is 0.624. The lowest BCUT2D eigenvalue weighted by Gasteiger charge is -2.32. The van der Waals surface area contributed by atoms with E-state index in [4.69, 9.17) is 4.74 Å². The molecule has 102 valence electrons. The van der Waals surface area contributed by atoms with Gasteiger partial charge >= 0.3 is 0 Å². The van der Waals surface area contributed by atoms with Crippen molar-refractivity contribution in [1.82, 2.24) is 0 Å². The van der Waals surface area contributed by atoms with E-state index >= 15 is 0 Å². The van der Waals surface area contributed by atoms with Gasteiger partial charge in [0.2, 0.25) is 0 Å². The summed E-state index contributed by atoms with van der Waals surface area (Å²) >= 11 is 6.70. The molecule has 1 nitrogen and oxygen atoms in total. The third-order valence-corrected chi connectivity index (χ3v) is 5.73. The second-order valence-electron chi connectivity index (χ2n) is 5.31. The fourth-order valence-electron chi connectivity index (χ4n) is 2.72. The van der Waals surface area contributed by atoms with Gasteiger partial charge in [-0.25, -0.2) is 0 Å². The molecule has 1 aliphatic heterocycles. The summed E-state index contributed by atoms with van der Waals surface area (Å²) in [6.07, 6.45) is 8.25. The fraction of sp³-hybridized carbons (Fsp3) is 1.00. The lowest BCUT2D eigenvalue weighted by Crippen LogP contribution is -2.27. The van der Waals surface area contributed by atoms with Gasteiger partial charge in [0.05, 0.1) is 6.10 Å². The van der Waals surface area contributed by atoms with Crippen LogP contribution in [0.5, 0.6) is 0 Å². The first-order chi connectivity index (χ1) is 8.26. The van der Waals surface area contributed by atoms with Crippen molar-refractivity contribution in [2.75, 3.05) is 23.9 Å². The molecular formula is C14H28OS2. The molecule has 1 unspecified atom stereocenters. The topological polar surface area (TPSA) is 9.23 Å². The fourth-order valence-corrected chi connectivity index (χ4v) is 4.76. The minimum Gasteiger partial charge on any atom is -0.377 e. The summed E-state index contributed by atoms with van der Waals surface area (Å²) in [5.41, 5.74) is 0.468. The van der Waals surface area contributed by atoms with Gasteiger partial charge in [-0.3, -0.25) is 0 Å². The molecular weight excluding hydrogens is 248 g/mol. The molecule has 0 amide bonds. The molecule has 1 heterocycles. The SMILES string of the molecule is CCCC(CS)(CCC)CSCC1CCCO1. The van der Waals surface area contributed by atoms with Crippen LogP contribution in [0.3, 0.4) is 0 Å². The van der Waals surface area contributed by atoms with Gasteiger partial charge in [-0.05, 0) is 42.6 Å². The van der Waals surface area contributed by atoms with E-state index in [1.165, 1.54) is 50.0 Å². The summed E-state index contributed by atoms with van der Waals surface area (Å²) in [4.78, 5) is 0. The Labute approximate surface area is 117 Å². The summed E-state index contributed by atoms with van der Waals surface area (Å²) in [6, 6.07) is 0. The molecule has 0 spiro atoms. The average molecular weight is 277 g/mol. The predicted molar refractivity (Wildman–Crippen MR) is 82.4 cm³/mol. The number of hydrogen-bond donors (Lipinski definition) is 1. The molecule has 0 aromatic carbocycles. The maximum absolute atomic E-state index is 5.68. The maximum Gasteiger partial charge on any atom is 0.0666 e. The zero-order valence-corrected chi connectivity index (χ0v) is 13.1. The Balaban J connectivity index is 2.30. The number of rotatable bonds is 9. The van der Waals surface area contributed by atoms with Crippen LogP contribution in [0.2, 0.25) is 0 Å². The Morgan fingerprint density at radius 1 is 1.29 bits per heavy atom. The molecule has 0 N–H and O–H groups in total. The highest BCUT2D eigenvalue weighted by molar-refractivity contribution is 7.99. The average Bonchev–Trinajstić information content (AvgIpc) is 2.82. The van der Waals surface area contributed by atoms with E-state index in [0.717, 1.165) is 12.4 Å². The Hall–Kier alpha value is 0.660. The van der Waals surface area contributed by atoms with E-state index in [-0.39, 0.29) is 0 Å². The molecule has 0 aromatic heterocycles. The van der Waals surface area contributed by atoms with Crippen LogP contribution in [0.25, 0.3) is 0 Å². The summed E-state index contributed by atoms with van der Waals surface area (Å²) in [6.45, 7) is 5.56. The normalized spacial score (nSPS) is 21.0. The van der Waals surface area contributed by atoms with Crippen molar-refractivity contribution in [2.45, 2.75) is 58.5 Å². The molecule has 0 aromatic rings. The van der Waals surface area contributed by atoms with Crippen molar-refractivity contribution < 1.29 is 4.74 Å². The Kier molecular flexibility index (Phi) is 8.05. The minimum atomic E-state index is 0.468. The monoisotopic (exact) mass is 276 g/mol. The van der Waals surface area contributed by atoms with Crippen molar-refractivity contribution in [3.63, 3.8) is 0 Å². The molecule has 0 bridgehead atoms. The van der Waals surface area contributed by atoms with Crippen LogP contribution < -0.4 is 0 Å². The summed E-state index contributed by atoms with van der Waals surface area (Å²) < 4.78 is 5.68. The summed E-state index contributed by atoms with van der Waals surface area (Å²) in [7, 11) is 0. The second kappa shape index (κ2) is 8.71. The first kappa shape index (κ1) is 15.7. The zero-order valence-electron chi connectivity index (χ0n) is 11.4. The van der Waals surface area contributed by atoms with Gasteiger partial charge < -0.3 is 4.74 Å². The Morgan fingerprint density at radius 3 is 2.47 bits per heavy atom. The first-order valence-corrected chi connectivity index (χ1v) is 8.85. The molecule has 3 heteroatoms. The van der Waals surface area contributed by atoms with Gasteiger partial charge in [0.1, 0.15) is 0 Å². The highest BCUT2D eigenvalue weighted by Crippen LogP contribution is 2.35. The van der Waals surface area contributed by atoms with Crippen LogP contribution in [0, 0.1) is 5.41 Å². The van der Waals surface area contributed by atoms with E-state index in [0.29, 0.717) is 11.5 Å². The predicted octanol–water partition coefficient (Wildman–Crippen LogP) is 4.42. The minimum absolute atomic E-state index is 0.468. The molecule has 1 atom stereocenters. The number of thioether (sulfide) groups is 1. The van der Waals surface area contributed by atoms with Crippen LogP contribution in [0.15, 0.2) is 0 Å². The van der Waals surface area contributed by atoms with E-state index < -0.39 is 0 Å². The number of thiol groups is 1. The lowest BCUT2D eigenvalue weighted by atomic mass is 9.83. The third-order valence-electron chi connectivity index (χ3n) is 3.63. The molecule has 1 saturated heterocycles. The van der Waals surface area contributed by atoms with Crippen LogP contribution in [0.1, 0.15) is 52.4 Å². The molecule has 0 aliphatic carbocycles. The molecule has 1 rings (SSSR count). The van der Waals surface area contributed by atoms with Crippen LogP contribution in [-0.4, -0.2) is 30.0 Å². The highest BCUT2D eigenvalue weighted by Gasteiger charge is 2.27. The van der Waals surface area contributed by atoms with E-state index in [1.54, 1.807) is 0 Å². The standard InChI is InChI=1S/C14H28OS2/c1-3-7-14(11-16,8-4-2)12-17-10-13-6-5-9-15-13/h13,16H,3-12H2,1-2H3. The Morgan fingerprint density at radius 2 is 2.00 bits per heavy atom. The second-order valence-corrected chi connectivity index (χ2v) is 6.65. The van der Waals surface area contributed by atoms with Crippen molar-refractivity contribution >= 4 is 24.4 Å². The molecule has 1 fully saturated rings. The van der Waals surface area contributed by atoms with E-state index in [9.17, 15) is 0 Å². The van der Waals surface area contributed by atoms with Crippen molar-refractivity contribution in [1.29, 1.82) is 0 Å². The Bertz CT molecular complexity index is 185. The highest BCUT2D eigenvalue weighted by atomic mass is 32.2. The van der Waals surface area contributed by atoms with Crippen molar-refractivity contribution in [3.8, 4) is 0 Å². The number of hydrogen-bond acceptors (Lipinski definition) is 3. The van der Waals surface area contributed by atoms with Crippen LogP contribution in [0.4, 0.5) is 0 Å². The van der Waals surface area contributed by atoms with Gasteiger partial charge in [-0.1, -0.05) is 26.7 Å². The third kappa shape index (κ3) is 5.44. The van der Waals surface area contributed by atoms with Gasteiger partial charge in [0, 0.05) is 12.4 Å². The largest absolute Gasteiger partial charge is 0.377 e. The lowest BCUT2D eigenvalue weighted by molar-refractivity contribution is 0.128. The summed E-state index contributed by atoms with van der Waals surface area (Å²) in [5, 5.41) is 0. The molecule has 1 aliphatic rings. The van der Waals surface area contributed by atoms with E-state index in [1.807, 2.05) is 0 Å². The van der Waals surface area contributed by atoms with Crippen molar-refractivity contribution in [3.05, 3.63) is 0 Å². The van der Waals surface area contributed by atoms with E-state index in [2.05, 4.69) is 38.2 Å². The van der Waals surface area contributed by atoms with Gasteiger partial charge in [-0.15, -0.1) is 0 Å². The van der Waals surface area contributed by atoms with Crippen molar-refractivity contribution in [2.24, 2.45) is 5.41 Å². The zero-order chi connectivity index (χ0) is 12.6. The van der Waals surface area contributed by atoms with Gasteiger partial charge in [0.25, 0.3) is 0 Å². The smallest absolute Gasteiger partial charge is 0.0666 e. The first-order valence-electron chi connectivity index (χ1n) is 7.06. The maximum atomic E-state index is 5.68. The number of ether oxygens (including phenoxy) is 1. The van der Waals surface area contributed by atoms with Gasteiger partial charge in [-0.2, -0.15) is 24.4 Å². The van der Waals surface area contributed by atoms with Crippen LogP contribution >= 0.6 is 24.4 Å². The molecule has 0 radical (unpaired) electrons.